The zero-order valence-electron chi connectivity index (χ0n) is 22.2. The summed E-state index contributed by atoms with van der Waals surface area (Å²) in [5.74, 6) is 2.15. The summed E-state index contributed by atoms with van der Waals surface area (Å²) in [5.41, 5.74) is 5.33. The maximum absolute atomic E-state index is 13.9. The summed E-state index contributed by atoms with van der Waals surface area (Å²) in [4.78, 5) is 13.5. The minimum atomic E-state index is -4.04. The monoisotopic (exact) mass is 605 g/mol. The number of rotatable bonds is 10. The molecule has 0 bridgehead atoms. The Hall–Kier alpha value is -3.79. The Kier molecular flexibility index (Phi) is 8.97. The molecule has 1 amide bonds. The van der Waals surface area contributed by atoms with Crippen LogP contribution in [0.4, 0.5) is 5.69 Å². The van der Waals surface area contributed by atoms with E-state index in [1.54, 1.807) is 72.8 Å². The number of thioether (sulfide) groups is 1. The number of ether oxygens (including phenoxy) is 1. The molecule has 0 spiro atoms. The van der Waals surface area contributed by atoms with Gasteiger partial charge in [-0.3, -0.25) is 9.10 Å². The van der Waals surface area contributed by atoms with Crippen LogP contribution in [0.2, 0.25) is 5.02 Å². The van der Waals surface area contributed by atoms with E-state index in [4.69, 9.17) is 16.3 Å². The van der Waals surface area contributed by atoms with Crippen molar-refractivity contribution < 1.29 is 17.9 Å². The van der Waals surface area contributed by atoms with Gasteiger partial charge in [0.2, 0.25) is 0 Å². The lowest BCUT2D eigenvalue weighted by molar-refractivity contribution is 0.0955. The van der Waals surface area contributed by atoms with E-state index in [1.165, 1.54) is 10.5 Å². The second-order valence-electron chi connectivity index (χ2n) is 9.52. The zero-order chi connectivity index (χ0) is 28.8. The first-order chi connectivity index (χ1) is 19.8. The number of nitrogens with zero attached hydrogens (tertiary/aromatic N) is 2. The van der Waals surface area contributed by atoms with Gasteiger partial charge in [-0.05, 0) is 66.6 Å². The predicted molar refractivity (Wildman–Crippen MR) is 166 cm³/mol. The number of halogens is 1. The molecular formula is C31H28ClN3O4S2. The number of carbonyl (C=O) groups excluding carboxylic acids is 1. The molecule has 0 saturated carbocycles. The minimum Gasteiger partial charge on any atom is -0.489 e. The van der Waals surface area contributed by atoms with Crippen LogP contribution < -0.4 is 14.5 Å². The Labute approximate surface area is 249 Å². The Morgan fingerprint density at radius 1 is 1.02 bits per heavy atom. The van der Waals surface area contributed by atoms with E-state index in [0.29, 0.717) is 10.6 Å². The van der Waals surface area contributed by atoms with Gasteiger partial charge in [0.1, 0.15) is 11.9 Å². The van der Waals surface area contributed by atoms with Crippen LogP contribution >= 0.6 is 23.4 Å². The number of hydrazone groups is 1. The predicted octanol–water partition coefficient (Wildman–Crippen LogP) is 6.30. The summed E-state index contributed by atoms with van der Waals surface area (Å²) in [6.45, 7) is 1.88. The third-order valence-electron chi connectivity index (χ3n) is 6.41. The number of sulfonamides is 1. The summed E-state index contributed by atoms with van der Waals surface area (Å²) in [5, 5.41) is 4.67. The average Bonchev–Trinajstić information content (AvgIpc) is 2.95. The second-order valence-corrected chi connectivity index (χ2v) is 12.9. The van der Waals surface area contributed by atoms with E-state index >= 15 is 0 Å². The van der Waals surface area contributed by atoms with Crippen molar-refractivity contribution >= 4 is 51.2 Å². The third-order valence-corrected chi connectivity index (χ3v) is 9.65. The largest absolute Gasteiger partial charge is 0.489 e. The highest BCUT2D eigenvalue weighted by atomic mass is 35.5. The summed E-state index contributed by atoms with van der Waals surface area (Å²) in [6.07, 6.45) is 1.74. The molecule has 0 aliphatic carbocycles. The van der Waals surface area contributed by atoms with Crippen molar-refractivity contribution in [3.05, 3.63) is 124 Å². The Morgan fingerprint density at radius 3 is 2.46 bits per heavy atom. The van der Waals surface area contributed by atoms with E-state index in [2.05, 4.69) is 10.5 Å². The number of anilines is 1. The van der Waals surface area contributed by atoms with Crippen LogP contribution in [0.1, 0.15) is 27.0 Å². The molecule has 1 N–H and O–H groups in total. The SMILES string of the molecule is Cc1ccc(S(=O)(=O)N(Cc2ccc(Cl)cc2)c2ccccc2C(=O)N/N=C\c2cccc(OC3CSC3)c2)cc1. The van der Waals surface area contributed by atoms with Gasteiger partial charge in [0.15, 0.2) is 0 Å². The van der Waals surface area contributed by atoms with Crippen LogP contribution in [0.3, 0.4) is 0 Å². The van der Waals surface area contributed by atoms with Crippen LogP contribution in [0.5, 0.6) is 5.75 Å². The second kappa shape index (κ2) is 12.8. The van der Waals surface area contributed by atoms with Crippen molar-refractivity contribution in [2.75, 3.05) is 15.8 Å². The van der Waals surface area contributed by atoms with Gasteiger partial charge in [0.05, 0.1) is 28.9 Å². The number of benzene rings is 4. The highest BCUT2D eigenvalue weighted by molar-refractivity contribution is 8.00. The number of amides is 1. The van der Waals surface area contributed by atoms with Gasteiger partial charge in [-0.15, -0.1) is 0 Å². The third kappa shape index (κ3) is 7.11. The number of hydrogen-bond acceptors (Lipinski definition) is 6. The van der Waals surface area contributed by atoms with Crippen molar-refractivity contribution in [2.24, 2.45) is 5.10 Å². The first-order valence-electron chi connectivity index (χ1n) is 12.9. The summed E-state index contributed by atoms with van der Waals surface area (Å²) in [6, 6.07) is 27.6. The van der Waals surface area contributed by atoms with Gasteiger partial charge >= 0.3 is 0 Å². The highest BCUT2D eigenvalue weighted by Crippen LogP contribution is 2.30. The molecule has 1 heterocycles. The molecule has 0 radical (unpaired) electrons. The van der Waals surface area contributed by atoms with Crippen LogP contribution in [0.25, 0.3) is 0 Å². The van der Waals surface area contributed by atoms with E-state index in [1.807, 2.05) is 43.0 Å². The molecule has 1 aliphatic heterocycles. The van der Waals surface area contributed by atoms with Gasteiger partial charge in [-0.1, -0.05) is 65.7 Å². The van der Waals surface area contributed by atoms with Crippen molar-refractivity contribution in [1.82, 2.24) is 5.43 Å². The molecule has 4 aromatic carbocycles. The van der Waals surface area contributed by atoms with Gasteiger partial charge < -0.3 is 4.74 Å². The van der Waals surface area contributed by atoms with Crippen molar-refractivity contribution in [2.45, 2.75) is 24.5 Å². The lowest BCUT2D eigenvalue weighted by Gasteiger charge is -2.26. The number of para-hydroxylation sites is 1. The Morgan fingerprint density at radius 2 is 1.76 bits per heavy atom. The molecule has 1 fully saturated rings. The molecule has 10 heteroatoms. The fraction of sp³-hybridized carbons (Fsp3) is 0.161. The van der Waals surface area contributed by atoms with Crippen LogP contribution in [0, 0.1) is 6.92 Å². The number of carbonyl (C=O) groups is 1. The molecule has 5 rings (SSSR count). The topological polar surface area (TPSA) is 88.1 Å². The maximum Gasteiger partial charge on any atom is 0.273 e. The first-order valence-corrected chi connectivity index (χ1v) is 15.9. The molecular weight excluding hydrogens is 578 g/mol. The summed E-state index contributed by atoms with van der Waals surface area (Å²) >= 11 is 7.90. The summed E-state index contributed by atoms with van der Waals surface area (Å²) in [7, 11) is -4.04. The van der Waals surface area contributed by atoms with Crippen LogP contribution in [-0.2, 0) is 16.6 Å². The van der Waals surface area contributed by atoms with E-state index in [-0.39, 0.29) is 28.8 Å². The molecule has 1 saturated heterocycles. The van der Waals surface area contributed by atoms with Crippen molar-refractivity contribution in [3.63, 3.8) is 0 Å². The quantitative estimate of drug-likeness (QED) is 0.169. The molecule has 0 atom stereocenters. The van der Waals surface area contributed by atoms with Crippen molar-refractivity contribution in [3.8, 4) is 5.75 Å². The minimum absolute atomic E-state index is 0.00671. The standard InChI is InChI=1S/C31H28ClN3O4S2/c1-22-9-15-28(16-10-22)41(37,38)35(19-23-11-13-25(32)14-12-23)30-8-3-2-7-29(30)31(36)34-33-18-24-5-4-6-26(17-24)39-27-20-40-21-27/h2-18,27H,19-21H2,1H3,(H,34,36)/b33-18-. The Bertz CT molecular complexity index is 1660. The lowest BCUT2D eigenvalue weighted by atomic mass is 10.1. The molecule has 0 unspecified atom stereocenters. The molecule has 4 aromatic rings. The highest BCUT2D eigenvalue weighted by Gasteiger charge is 2.28. The van der Waals surface area contributed by atoms with Crippen molar-refractivity contribution in [1.29, 1.82) is 0 Å². The van der Waals surface area contributed by atoms with E-state index in [9.17, 15) is 13.2 Å². The van der Waals surface area contributed by atoms with Gasteiger partial charge in [-0.25, -0.2) is 13.8 Å². The van der Waals surface area contributed by atoms with Crippen LogP contribution in [-0.4, -0.2) is 38.1 Å². The fourth-order valence-electron chi connectivity index (χ4n) is 4.14. The van der Waals surface area contributed by atoms with Gasteiger partial charge in [0.25, 0.3) is 15.9 Å². The molecule has 41 heavy (non-hydrogen) atoms. The lowest BCUT2D eigenvalue weighted by Crippen LogP contribution is -2.33. The number of nitrogens with one attached hydrogen (secondary N) is 1. The Balaban J connectivity index is 1.42. The molecule has 7 nitrogen and oxygen atoms in total. The number of hydrogen-bond donors (Lipinski definition) is 1. The first kappa shape index (κ1) is 28.7. The van der Waals surface area contributed by atoms with Gasteiger partial charge in [0, 0.05) is 16.5 Å². The average molecular weight is 606 g/mol. The summed E-state index contributed by atoms with van der Waals surface area (Å²) < 4.78 is 35.1. The van der Waals surface area contributed by atoms with E-state index in [0.717, 1.165) is 28.4 Å². The molecule has 1 aliphatic rings. The fourth-order valence-corrected chi connectivity index (χ4v) is 6.31. The van der Waals surface area contributed by atoms with Crippen LogP contribution in [0.15, 0.2) is 107 Å². The van der Waals surface area contributed by atoms with Gasteiger partial charge in [-0.2, -0.15) is 16.9 Å². The van der Waals surface area contributed by atoms with E-state index < -0.39 is 15.9 Å². The maximum atomic E-state index is 13.9. The normalized spacial score (nSPS) is 13.5. The number of aryl methyl sites for hydroxylation is 1. The molecule has 0 aromatic heterocycles. The zero-order valence-corrected chi connectivity index (χ0v) is 24.6. The molecule has 210 valence electrons. The smallest absolute Gasteiger partial charge is 0.273 e.